The number of ether oxygens (including phenoxy) is 1. The van der Waals surface area contributed by atoms with E-state index >= 15 is 0 Å². The van der Waals surface area contributed by atoms with Crippen molar-refractivity contribution in [3.8, 4) is 23.0 Å². The molecule has 8 nitrogen and oxygen atoms in total. The number of benzene rings is 1. The number of hydrogen-bond acceptors (Lipinski definition) is 7. The van der Waals surface area contributed by atoms with Crippen molar-refractivity contribution in [2.75, 3.05) is 32.1 Å². The van der Waals surface area contributed by atoms with Crippen LogP contribution >= 0.6 is 0 Å². The highest BCUT2D eigenvalue weighted by Gasteiger charge is 2.21. The summed E-state index contributed by atoms with van der Waals surface area (Å²) in [6.45, 7) is 0.694. The van der Waals surface area contributed by atoms with Crippen LogP contribution in [0.2, 0.25) is 0 Å². The average molecular weight is 437 g/mol. The van der Waals surface area contributed by atoms with Gasteiger partial charge in [0.1, 0.15) is 24.3 Å². The molecule has 0 aliphatic heterocycles. The van der Waals surface area contributed by atoms with Crippen LogP contribution in [0.3, 0.4) is 0 Å². The molecule has 4 rings (SSSR count). The fourth-order valence-electron chi connectivity index (χ4n) is 4.12. The first-order chi connectivity index (χ1) is 15.6. The third-order valence-corrected chi connectivity index (χ3v) is 5.90. The number of aliphatic hydroxyl groups is 1. The van der Waals surface area contributed by atoms with Crippen molar-refractivity contribution in [2.24, 2.45) is 0 Å². The normalized spacial score (nSPS) is 15.5. The van der Waals surface area contributed by atoms with Crippen molar-refractivity contribution in [1.82, 2.24) is 25.1 Å². The third kappa shape index (κ3) is 5.44. The molecule has 170 valence electrons. The Kier molecular flexibility index (Phi) is 7.34. The van der Waals surface area contributed by atoms with Gasteiger partial charge in [-0.3, -0.25) is 0 Å². The molecule has 0 spiro atoms. The molecule has 1 aliphatic carbocycles. The lowest BCUT2D eigenvalue weighted by atomic mass is 9.94. The van der Waals surface area contributed by atoms with Gasteiger partial charge in [-0.15, -0.1) is 0 Å². The second-order valence-corrected chi connectivity index (χ2v) is 8.31. The van der Waals surface area contributed by atoms with Crippen LogP contribution in [0.15, 0.2) is 48.8 Å². The zero-order chi connectivity index (χ0) is 22.3. The Bertz CT molecular complexity index is 988. The van der Waals surface area contributed by atoms with Crippen LogP contribution in [0.5, 0.6) is 5.75 Å². The number of nitrogens with one attached hydrogen (secondary N) is 1. The predicted octanol–water partition coefficient (Wildman–Crippen LogP) is 3.06. The Labute approximate surface area is 189 Å². The molecule has 1 aliphatic rings. The quantitative estimate of drug-likeness (QED) is 0.533. The van der Waals surface area contributed by atoms with E-state index in [4.69, 9.17) is 14.7 Å². The van der Waals surface area contributed by atoms with Crippen molar-refractivity contribution >= 4 is 5.82 Å². The van der Waals surface area contributed by atoms with Crippen LogP contribution in [-0.4, -0.2) is 64.2 Å². The van der Waals surface area contributed by atoms with Crippen molar-refractivity contribution in [3.63, 3.8) is 0 Å². The molecular weight excluding hydrogens is 404 g/mol. The van der Waals surface area contributed by atoms with Gasteiger partial charge in [0.25, 0.3) is 0 Å². The molecule has 2 aromatic heterocycles. The fourth-order valence-corrected chi connectivity index (χ4v) is 4.12. The maximum Gasteiger partial charge on any atom is 0.164 e. The predicted molar refractivity (Wildman–Crippen MR) is 125 cm³/mol. The van der Waals surface area contributed by atoms with E-state index in [1.165, 1.54) is 32.1 Å². The Morgan fingerprint density at radius 3 is 2.78 bits per heavy atom. The highest BCUT2D eigenvalue weighted by atomic mass is 16.5. The molecule has 0 amide bonds. The summed E-state index contributed by atoms with van der Waals surface area (Å²) in [5.74, 6) is 2.92. The fraction of sp³-hybridized carbons (Fsp3) is 0.458. The number of hydrogen-bond donors (Lipinski definition) is 2. The molecule has 1 aromatic carbocycles. The van der Waals surface area contributed by atoms with Gasteiger partial charge in [-0.05, 0) is 38.1 Å². The van der Waals surface area contributed by atoms with Gasteiger partial charge in [0.05, 0.1) is 0 Å². The van der Waals surface area contributed by atoms with E-state index in [1.807, 2.05) is 42.6 Å². The van der Waals surface area contributed by atoms with Gasteiger partial charge >= 0.3 is 0 Å². The molecule has 1 saturated carbocycles. The molecule has 1 unspecified atom stereocenters. The molecule has 3 aromatic rings. The number of aromatic nitrogens is 4. The van der Waals surface area contributed by atoms with Gasteiger partial charge < -0.3 is 20.1 Å². The number of nitrogens with zero attached hydrogens (tertiary/aromatic N) is 5. The summed E-state index contributed by atoms with van der Waals surface area (Å²) in [5.41, 5.74) is 0.859. The van der Waals surface area contributed by atoms with Crippen LogP contribution in [0.4, 0.5) is 5.82 Å². The van der Waals surface area contributed by atoms with E-state index in [0.717, 1.165) is 17.2 Å². The van der Waals surface area contributed by atoms with E-state index in [2.05, 4.69) is 22.4 Å². The van der Waals surface area contributed by atoms with E-state index in [-0.39, 0.29) is 6.61 Å². The smallest absolute Gasteiger partial charge is 0.164 e. The minimum Gasteiger partial charge on any atom is -0.491 e. The Hall–Kier alpha value is -2.97. The maximum atomic E-state index is 9.93. The highest BCUT2D eigenvalue weighted by molar-refractivity contribution is 5.61. The Morgan fingerprint density at radius 2 is 2.03 bits per heavy atom. The third-order valence-electron chi connectivity index (χ3n) is 5.90. The second kappa shape index (κ2) is 10.6. The maximum absolute atomic E-state index is 9.93. The van der Waals surface area contributed by atoms with Crippen molar-refractivity contribution in [3.05, 3.63) is 48.8 Å². The number of aliphatic hydroxyl groups excluding tert-OH is 1. The average Bonchev–Trinajstić information content (AvgIpc) is 3.38. The first-order valence-corrected chi connectivity index (χ1v) is 11.3. The first-order valence-electron chi connectivity index (χ1n) is 11.3. The Balaban J connectivity index is 1.64. The molecule has 32 heavy (non-hydrogen) atoms. The van der Waals surface area contributed by atoms with E-state index < -0.39 is 6.10 Å². The Morgan fingerprint density at radius 1 is 1.19 bits per heavy atom. The van der Waals surface area contributed by atoms with Crippen LogP contribution < -0.4 is 15.0 Å². The summed E-state index contributed by atoms with van der Waals surface area (Å²) in [4.78, 5) is 12.0. The van der Waals surface area contributed by atoms with Gasteiger partial charge in [0.15, 0.2) is 11.6 Å². The van der Waals surface area contributed by atoms with Crippen molar-refractivity contribution < 1.29 is 9.84 Å². The summed E-state index contributed by atoms with van der Waals surface area (Å²) < 4.78 is 7.55. The molecule has 1 fully saturated rings. The molecule has 2 heterocycles. The lowest BCUT2D eigenvalue weighted by molar-refractivity contribution is 0.108. The minimum atomic E-state index is -0.571. The van der Waals surface area contributed by atoms with Crippen LogP contribution in [0.25, 0.3) is 17.2 Å². The van der Waals surface area contributed by atoms with Crippen molar-refractivity contribution in [1.29, 1.82) is 0 Å². The minimum absolute atomic E-state index is 0.216. The van der Waals surface area contributed by atoms with Crippen LogP contribution in [-0.2, 0) is 0 Å². The van der Waals surface area contributed by atoms with Crippen LogP contribution in [0, 0.1) is 0 Å². The monoisotopic (exact) mass is 436 g/mol. The van der Waals surface area contributed by atoms with Gasteiger partial charge in [-0.2, -0.15) is 5.10 Å². The lowest BCUT2D eigenvalue weighted by Gasteiger charge is -2.32. The summed E-state index contributed by atoms with van der Waals surface area (Å²) >= 11 is 0. The second-order valence-electron chi connectivity index (χ2n) is 8.31. The summed E-state index contributed by atoms with van der Waals surface area (Å²) in [5, 5.41) is 17.2. The largest absolute Gasteiger partial charge is 0.491 e. The van der Waals surface area contributed by atoms with Gasteiger partial charge in [-0.25, -0.2) is 14.6 Å². The van der Waals surface area contributed by atoms with E-state index in [9.17, 15) is 5.11 Å². The number of anilines is 1. The molecule has 1 atom stereocenters. The summed E-state index contributed by atoms with van der Waals surface area (Å²) in [7, 11) is 3.92. The standard InChI is InChI=1S/C24H32N6O2/c1-25-16-20(31)17-32-21-11-6-8-18(14-21)24-27-22(29(2)19-9-4-3-5-10-19)15-23(28-24)30-13-7-12-26-30/h6-8,11-15,19-20,25,31H,3-5,9-10,16-17H2,1-2H3. The lowest BCUT2D eigenvalue weighted by Crippen LogP contribution is -2.34. The molecule has 2 N–H and O–H groups in total. The van der Waals surface area contributed by atoms with Crippen LogP contribution in [0.1, 0.15) is 32.1 Å². The SMILES string of the molecule is CNCC(O)COc1cccc(-c2nc(N(C)C3CCCCC3)cc(-n3cccn3)n2)c1. The zero-order valence-electron chi connectivity index (χ0n) is 18.8. The number of likely N-dealkylation sites (N-methyl/N-ethyl adjacent to an activating group) is 1. The molecule has 0 radical (unpaired) electrons. The van der Waals surface area contributed by atoms with Gasteiger partial charge in [0.2, 0.25) is 0 Å². The van der Waals surface area contributed by atoms with Gasteiger partial charge in [-0.1, -0.05) is 31.4 Å². The summed E-state index contributed by atoms with van der Waals surface area (Å²) in [6.07, 6.45) is 9.27. The van der Waals surface area contributed by atoms with Crippen molar-refractivity contribution in [2.45, 2.75) is 44.2 Å². The number of rotatable bonds is 9. The van der Waals surface area contributed by atoms with E-state index in [0.29, 0.717) is 24.2 Å². The topological polar surface area (TPSA) is 88.3 Å². The zero-order valence-corrected chi connectivity index (χ0v) is 18.8. The molecule has 8 heteroatoms. The molecule has 0 bridgehead atoms. The van der Waals surface area contributed by atoms with E-state index in [1.54, 1.807) is 17.9 Å². The molecular formula is C24H32N6O2. The summed E-state index contributed by atoms with van der Waals surface area (Å²) in [6, 6.07) is 12.1. The first kappa shape index (κ1) is 22.2. The highest BCUT2D eigenvalue weighted by Crippen LogP contribution is 2.29. The molecule has 0 saturated heterocycles. The van der Waals surface area contributed by atoms with Gasteiger partial charge in [0, 0.05) is 43.7 Å².